The number of halogens is 2. The Labute approximate surface area is 187 Å². The lowest BCUT2D eigenvalue weighted by molar-refractivity contribution is -0.128. The number of nitrogens with zero attached hydrogens (tertiary/aromatic N) is 2. The quantitative estimate of drug-likeness (QED) is 0.324. The van der Waals surface area contributed by atoms with Gasteiger partial charge in [-0.2, -0.15) is 0 Å². The van der Waals surface area contributed by atoms with E-state index >= 15 is 0 Å². The molecule has 0 bridgehead atoms. The molecule has 0 unspecified atom stereocenters. The van der Waals surface area contributed by atoms with Crippen molar-refractivity contribution < 1.29 is 4.79 Å². The number of benzene rings is 1. The highest BCUT2D eigenvalue weighted by Crippen LogP contribution is 2.43. The van der Waals surface area contributed by atoms with Gasteiger partial charge in [0.05, 0.1) is 0 Å². The Balaban J connectivity index is 0.00000261. The van der Waals surface area contributed by atoms with Crippen LogP contribution in [0, 0.1) is 0 Å². The minimum Gasteiger partial charge on any atom is -0.357 e. The first-order valence-corrected chi connectivity index (χ1v) is 10.5. The second-order valence-corrected chi connectivity index (χ2v) is 8.20. The Morgan fingerprint density at radius 2 is 1.96 bits per heavy atom. The van der Waals surface area contributed by atoms with Crippen molar-refractivity contribution in [3.8, 4) is 0 Å². The summed E-state index contributed by atoms with van der Waals surface area (Å²) in [6.07, 6.45) is 5.85. The standard InChI is InChI=1S/C20H29BrN4O.HI/c1-2-22-19(23-14-18(26)25-11-3-4-12-25)24-15-20(9-6-10-20)16-7-5-8-17(21)13-16;/h5,7-8,13H,2-4,6,9-12,14-15H2,1H3,(H2,22,23,24);1H. The molecule has 2 fully saturated rings. The Hall–Kier alpha value is -0.830. The van der Waals surface area contributed by atoms with Crippen molar-refractivity contribution >= 4 is 51.8 Å². The van der Waals surface area contributed by atoms with Gasteiger partial charge in [0.1, 0.15) is 6.54 Å². The Morgan fingerprint density at radius 1 is 1.22 bits per heavy atom. The zero-order chi connectivity index (χ0) is 18.4. The first kappa shape index (κ1) is 22.5. The molecule has 0 radical (unpaired) electrons. The number of carbonyl (C=O) groups excluding carboxylic acids is 1. The number of carbonyl (C=O) groups is 1. The molecule has 7 heteroatoms. The number of likely N-dealkylation sites (tertiary alicyclic amines) is 1. The van der Waals surface area contributed by atoms with Crippen LogP contribution in [0.4, 0.5) is 0 Å². The number of rotatable bonds is 6. The fourth-order valence-electron chi connectivity index (χ4n) is 3.80. The average Bonchev–Trinajstić information content (AvgIpc) is 3.13. The van der Waals surface area contributed by atoms with Crippen molar-refractivity contribution in [3.63, 3.8) is 0 Å². The number of hydrogen-bond donors (Lipinski definition) is 2. The van der Waals surface area contributed by atoms with Crippen LogP contribution in [0.25, 0.3) is 0 Å². The van der Waals surface area contributed by atoms with E-state index in [4.69, 9.17) is 0 Å². The molecule has 150 valence electrons. The lowest BCUT2D eigenvalue weighted by Gasteiger charge is -2.43. The molecule has 1 aliphatic heterocycles. The van der Waals surface area contributed by atoms with E-state index in [1.165, 1.54) is 24.8 Å². The largest absolute Gasteiger partial charge is 0.357 e. The van der Waals surface area contributed by atoms with Gasteiger partial charge in [0, 0.05) is 36.1 Å². The van der Waals surface area contributed by atoms with Gasteiger partial charge >= 0.3 is 0 Å². The number of nitrogens with one attached hydrogen (secondary N) is 2. The van der Waals surface area contributed by atoms with Crippen LogP contribution in [0.3, 0.4) is 0 Å². The van der Waals surface area contributed by atoms with Crippen LogP contribution in [-0.2, 0) is 10.2 Å². The van der Waals surface area contributed by atoms with Gasteiger partial charge in [-0.1, -0.05) is 34.5 Å². The lowest BCUT2D eigenvalue weighted by Crippen LogP contribution is -2.49. The molecule has 1 heterocycles. The second-order valence-electron chi connectivity index (χ2n) is 7.28. The summed E-state index contributed by atoms with van der Waals surface area (Å²) >= 11 is 3.59. The maximum Gasteiger partial charge on any atom is 0.244 e. The fourth-order valence-corrected chi connectivity index (χ4v) is 4.20. The minimum absolute atomic E-state index is 0. The zero-order valence-electron chi connectivity index (χ0n) is 16.0. The van der Waals surface area contributed by atoms with Crippen LogP contribution in [0.5, 0.6) is 0 Å². The molecule has 2 N–H and O–H groups in total. The van der Waals surface area contributed by atoms with Gasteiger partial charge < -0.3 is 15.5 Å². The van der Waals surface area contributed by atoms with Crippen molar-refractivity contribution in [3.05, 3.63) is 34.3 Å². The van der Waals surface area contributed by atoms with Crippen LogP contribution in [0.2, 0.25) is 0 Å². The van der Waals surface area contributed by atoms with Crippen LogP contribution < -0.4 is 10.6 Å². The highest BCUT2D eigenvalue weighted by atomic mass is 127. The topological polar surface area (TPSA) is 56.7 Å². The summed E-state index contributed by atoms with van der Waals surface area (Å²) in [6, 6.07) is 8.61. The van der Waals surface area contributed by atoms with Crippen molar-refractivity contribution in [2.75, 3.05) is 32.7 Å². The van der Waals surface area contributed by atoms with E-state index in [0.29, 0.717) is 0 Å². The molecule has 1 aromatic carbocycles. The predicted molar refractivity (Wildman–Crippen MR) is 125 cm³/mol. The van der Waals surface area contributed by atoms with Gasteiger partial charge in [0.2, 0.25) is 5.91 Å². The van der Waals surface area contributed by atoms with Gasteiger partial charge in [-0.3, -0.25) is 4.79 Å². The molecule has 1 aromatic rings. The lowest BCUT2D eigenvalue weighted by atomic mass is 9.64. The van der Waals surface area contributed by atoms with E-state index in [2.05, 4.69) is 55.8 Å². The summed E-state index contributed by atoms with van der Waals surface area (Å²) < 4.78 is 1.12. The maximum atomic E-state index is 12.2. The van der Waals surface area contributed by atoms with E-state index in [0.717, 1.165) is 49.5 Å². The number of aliphatic imine (C=N–C) groups is 1. The third kappa shape index (κ3) is 5.82. The van der Waals surface area contributed by atoms with Gasteiger partial charge in [0.25, 0.3) is 0 Å². The Kier molecular flexibility index (Phi) is 8.85. The molecule has 1 saturated carbocycles. The van der Waals surface area contributed by atoms with E-state index in [1.807, 2.05) is 11.8 Å². The van der Waals surface area contributed by atoms with Crippen LogP contribution in [0.15, 0.2) is 33.7 Å². The normalized spacial score (nSPS) is 18.4. The van der Waals surface area contributed by atoms with Gasteiger partial charge in [-0.25, -0.2) is 4.99 Å². The number of hydrogen-bond acceptors (Lipinski definition) is 2. The van der Waals surface area contributed by atoms with E-state index in [-0.39, 0.29) is 41.8 Å². The van der Waals surface area contributed by atoms with Crippen molar-refractivity contribution in [1.29, 1.82) is 0 Å². The first-order valence-electron chi connectivity index (χ1n) is 9.69. The summed E-state index contributed by atoms with van der Waals surface area (Å²) in [5.41, 5.74) is 1.54. The van der Waals surface area contributed by atoms with Crippen molar-refractivity contribution in [2.24, 2.45) is 4.99 Å². The summed E-state index contributed by atoms with van der Waals surface area (Å²) in [7, 11) is 0. The van der Waals surface area contributed by atoms with Crippen molar-refractivity contribution in [2.45, 2.75) is 44.4 Å². The molecule has 1 aliphatic carbocycles. The summed E-state index contributed by atoms with van der Waals surface area (Å²) in [4.78, 5) is 18.7. The number of guanidine groups is 1. The zero-order valence-corrected chi connectivity index (χ0v) is 19.9. The molecule has 3 rings (SSSR count). The molecule has 0 aromatic heterocycles. The summed E-state index contributed by atoms with van der Waals surface area (Å²) in [5.74, 6) is 0.867. The highest BCUT2D eigenvalue weighted by Gasteiger charge is 2.38. The molecule has 0 spiro atoms. The SMILES string of the molecule is CCNC(=NCC(=O)N1CCCC1)NCC1(c2cccc(Br)c2)CCC1.I. The molecule has 1 amide bonds. The van der Waals surface area contributed by atoms with Gasteiger partial charge in [-0.15, -0.1) is 24.0 Å². The van der Waals surface area contributed by atoms with E-state index in [1.54, 1.807) is 0 Å². The van der Waals surface area contributed by atoms with E-state index in [9.17, 15) is 4.79 Å². The molecule has 5 nitrogen and oxygen atoms in total. The first-order chi connectivity index (χ1) is 12.6. The summed E-state index contributed by atoms with van der Waals surface area (Å²) in [5, 5.41) is 6.75. The smallest absolute Gasteiger partial charge is 0.244 e. The molecular weight excluding hydrogens is 519 g/mol. The Morgan fingerprint density at radius 3 is 2.56 bits per heavy atom. The molecule has 0 atom stereocenters. The van der Waals surface area contributed by atoms with Crippen molar-refractivity contribution in [1.82, 2.24) is 15.5 Å². The Bertz CT molecular complexity index is 657. The maximum absolute atomic E-state index is 12.2. The fraction of sp³-hybridized carbons (Fsp3) is 0.600. The number of amides is 1. The third-order valence-corrected chi connectivity index (χ3v) is 6.01. The minimum atomic E-state index is 0. The van der Waals surface area contributed by atoms with Crippen LogP contribution in [-0.4, -0.2) is 49.5 Å². The van der Waals surface area contributed by atoms with E-state index < -0.39 is 0 Å². The van der Waals surface area contributed by atoms with Gasteiger partial charge in [-0.05, 0) is 50.3 Å². The third-order valence-electron chi connectivity index (χ3n) is 5.52. The molecule has 1 saturated heterocycles. The predicted octanol–water partition coefficient (Wildman–Crippen LogP) is 3.67. The molecule has 27 heavy (non-hydrogen) atoms. The highest BCUT2D eigenvalue weighted by molar-refractivity contribution is 14.0. The average molecular weight is 549 g/mol. The van der Waals surface area contributed by atoms with Crippen LogP contribution in [0.1, 0.15) is 44.6 Å². The van der Waals surface area contributed by atoms with Crippen LogP contribution >= 0.6 is 39.9 Å². The molecule has 2 aliphatic rings. The van der Waals surface area contributed by atoms with Gasteiger partial charge in [0.15, 0.2) is 5.96 Å². The monoisotopic (exact) mass is 548 g/mol. The summed E-state index contributed by atoms with van der Waals surface area (Å²) in [6.45, 7) is 5.65. The second kappa shape index (κ2) is 10.6. The molecular formula is C20H30BrIN4O.